The Labute approximate surface area is 106 Å². The summed E-state index contributed by atoms with van der Waals surface area (Å²) in [4.78, 5) is 22.6. The molecule has 3 nitrogen and oxygen atoms in total. The van der Waals surface area contributed by atoms with E-state index in [1.54, 1.807) is 25.1 Å². The average molecular weight is 255 g/mol. The van der Waals surface area contributed by atoms with Crippen molar-refractivity contribution in [3.05, 3.63) is 34.9 Å². The number of hydrogen-bond donors (Lipinski definition) is 0. The average Bonchev–Trinajstić information content (AvgIpc) is 2.29. The molecule has 0 aliphatic rings. The summed E-state index contributed by atoms with van der Waals surface area (Å²) in [6.45, 7) is 3.62. The van der Waals surface area contributed by atoms with Crippen LogP contribution in [0.5, 0.6) is 0 Å². The van der Waals surface area contributed by atoms with Crippen LogP contribution in [0.3, 0.4) is 0 Å². The van der Waals surface area contributed by atoms with Crippen LogP contribution >= 0.6 is 11.6 Å². The van der Waals surface area contributed by atoms with Crippen molar-refractivity contribution in [2.24, 2.45) is 0 Å². The van der Waals surface area contributed by atoms with E-state index < -0.39 is 0 Å². The highest BCUT2D eigenvalue weighted by Crippen LogP contribution is 2.16. The molecule has 0 saturated heterocycles. The molecule has 0 saturated carbocycles. The van der Waals surface area contributed by atoms with Crippen molar-refractivity contribution >= 4 is 23.4 Å². The number of alkyl halides is 1. The maximum absolute atomic E-state index is 11.5. The molecular formula is C13H15ClO3. The second kappa shape index (κ2) is 6.40. The van der Waals surface area contributed by atoms with Gasteiger partial charge in [-0.25, -0.2) is 4.79 Å². The highest BCUT2D eigenvalue weighted by molar-refractivity contribution is 6.17. The summed E-state index contributed by atoms with van der Waals surface area (Å²) in [5.74, 6) is -0.0240. The zero-order valence-corrected chi connectivity index (χ0v) is 10.7. The molecule has 0 fully saturated rings. The first-order chi connectivity index (χ1) is 8.08. The summed E-state index contributed by atoms with van der Waals surface area (Å²) in [6.07, 6.45) is 0.338. The van der Waals surface area contributed by atoms with Crippen LogP contribution in [0.2, 0.25) is 0 Å². The molecule has 0 atom stereocenters. The maximum Gasteiger partial charge on any atom is 0.338 e. The lowest BCUT2D eigenvalue weighted by atomic mass is 10.0. The number of carbonyl (C=O) groups is 2. The SMILES string of the molecule is CCOC(=O)c1ccc(CC(C)=O)c(CCl)c1. The molecule has 0 aromatic heterocycles. The van der Waals surface area contributed by atoms with E-state index in [1.807, 2.05) is 0 Å². The minimum atomic E-state index is -0.367. The van der Waals surface area contributed by atoms with E-state index in [0.29, 0.717) is 18.6 Å². The van der Waals surface area contributed by atoms with E-state index in [1.165, 1.54) is 6.92 Å². The molecular weight excluding hydrogens is 240 g/mol. The number of hydrogen-bond acceptors (Lipinski definition) is 3. The van der Waals surface area contributed by atoms with Gasteiger partial charge in [-0.15, -0.1) is 11.6 Å². The minimum absolute atomic E-state index is 0.0697. The number of Topliss-reactive ketones (excluding diaryl/α,β-unsaturated/α-hetero) is 1. The van der Waals surface area contributed by atoms with Gasteiger partial charge in [-0.05, 0) is 37.1 Å². The number of rotatable bonds is 5. The third kappa shape index (κ3) is 3.86. The Hall–Kier alpha value is -1.35. The second-order valence-electron chi connectivity index (χ2n) is 3.72. The highest BCUT2D eigenvalue weighted by Gasteiger charge is 2.10. The summed E-state index contributed by atoms with van der Waals surface area (Å²) in [5, 5.41) is 0. The van der Waals surface area contributed by atoms with Gasteiger partial charge < -0.3 is 4.74 Å². The van der Waals surface area contributed by atoms with Crippen molar-refractivity contribution in [1.29, 1.82) is 0 Å². The van der Waals surface area contributed by atoms with Gasteiger partial charge in [0.25, 0.3) is 0 Å². The normalized spacial score (nSPS) is 10.1. The Morgan fingerprint density at radius 3 is 2.53 bits per heavy atom. The van der Waals surface area contributed by atoms with E-state index in [-0.39, 0.29) is 17.6 Å². The van der Waals surface area contributed by atoms with Gasteiger partial charge >= 0.3 is 5.97 Å². The van der Waals surface area contributed by atoms with Gasteiger partial charge in [0.15, 0.2) is 0 Å². The maximum atomic E-state index is 11.5. The van der Waals surface area contributed by atoms with Crippen molar-refractivity contribution in [2.45, 2.75) is 26.1 Å². The molecule has 0 unspecified atom stereocenters. The van der Waals surface area contributed by atoms with Crippen LogP contribution in [0.25, 0.3) is 0 Å². The standard InChI is InChI=1S/C13H15ClO3/c1-3-17-13(16)11-5-4-10(6-9(2)15)12(7-11)8-14/h4-5,7H,3,6,8H2,1-2H3. The third-order valence-electron chi connectivity index (χ3n) is 2.30. The first-order valence-corrected chi connectivity index (χ1v) is 5.96. The van der Waals surface area contributed by atoms with E-state index in [0.717, 1.165) is 11.1 Å². The van der Waals surface area contributed by atoms with Crippen molar-refractivity contribution < 1.29 is 14.3 Å². The minimum Gasteiger partial charge on any atom is -0.462 e. The molecule has 92 valence electrons. The summed E-state index contributed by atoms with van der Waals surface area (Å²) >= 11 is 5.81. The summed E-state index contributed by atoms with van der Waals surface area (Å²) in [7, 11) is 0. The first-order valence-electron chi connectivity index (χ1n) is 5.42. The molecule has 0 bridgehead atoms. The van der Waals surface area contributed by atoms with Gasteiger partial charge in [-0.3, -0.25) is 4.79 Å². The van der Waals surface area contributed by atoms with Gasteiger partial charge in [0.1, 0.15) is 5.78 Å². The molecule has 17 heavy (non-hydrogen) atoms. The Kier molecular flexibility index (Phi) is 5.16. The molecule has 0 radical (unpaired) electrons. The van der Waals surface area contributed by atoms with Crippen LogP contribution in [0.1, 0.15) is 35.3 Å². The molecule has 1 rings (SSSR count). The Morgan fingerprint density at radius 1 is 1.29 bits per heavy atom. The summed E-state index contributed by atoms with van der Waals surface area (Å²) in [5.41, 5.74) is 2.13. The smallest absolute Gasteiger partial charge is 0.338 e. The Morgan fingerprint density at radius 2 is 2.00 bits per heavy atom. The number of halogens is 1. The quantitative estimate of drug-likeness (QED) is 0.599. The van der Waals surface area contributed by atoms with E-state index >= 15 is 0 Å². The zero-order chi connectivity index (χ0) is 12.8. The van der Waals surface area contributed by atoms with Crippen LogP contribution in [-0.4, -0.2) is 18.4 Å². The lowest BCUT2D eigenvalue weighted by molar-refractivity contribution is -0.116. The van der Waals surface area contributed by atoms with Crippen LogP contribution in [-0.2, 0) is 21.8 Å². The van der Waals surface area contributed by atoms with E-state index in [9.17, 15) is 9.59 Å². The molecule has 0 heterocycles. The lowest BCUT2D eigenvalue weighted by Crippen LogP contribution is -2.07. The van der Waals surface area contributed by atoms with Gasteiger partial charge in [0, 0.05) is 12.3 Å². The predicted molar refractivity (Wildman–Crippen MR) is 66.3 cm³/mol. The van der Waals surface area contributed by atoms with Crippen LogP contribution < -0.4 is 0 Å². The molecule has 0 N–H and O–H groups in total. The monoisotopic (exact) mass is 254 g/mol. The third-order valence-corrected chi connectivity index (χ3v) is 2.59. The molecule has 1 aromatic carbocycles. The van der Waals surface area contributed by atoms with Crippen molar-refractivity contribution in [2.75, 3.05) is 6.61 Å². The van der Waals surface area contributed by atoms with Crippen LogP contribution in [0.15, 0.2) is 18.2 Å². The second-order valence-corrected chi connectivity index (χ2v) is 3.98. The molecule has 1 aromatic rings. The Bertz CT molecular complexity index is 427. The lowest BCUT2D eigenvalue weighted by Gasteiger charge is -2.08. The van der Waals surface area contributed by atoms with Gasteiger partial charge in [-0.1, -0.05) is 6.07 Å². The topological polar surface area (TPSA) is 43.4 Å². The number of ketones is 1. The van der Waals surface area contributed by atoms with E-state index in [2.05, 4.69) is 0 Å². The van der Waals surface area contributed by atoms with Gasteiger partial charge in [0.2, 0.25) is 0 Å². The predicted octanol–water partition coefficient (Wildman–Crippen LogP) is 2.73. The van der Waals surface area contributed by atoms with Crippen LogP contribution in [0, 0.1) is 0 Å². The van der Waals surface area contributed by atoms with Gasteiger partial charge in [0.05, 0.1) is 12.2 Å². The Balaban J connectivity index is 2.99. The van der Waals surface area contributed by atoms with Crippen molar-refractivity contribution in [3.8, 4) is 0 Å². The van der Waals surface area contributed by atoms with E-state index in [4.69, 9.17) is 16.3 Å². The number of ether oxygens (including phenoxy) is 1. The molecule has 4 heteroatoms. The van der Waals surface area contributed by atoms with Crippen molar-refractivity contribution in [3.63, 3.8) is 0 Å². The van der Waals surface area contributed by atoms with Gasteiger partial charge in [-0.2, -0.15) is 0 Å². The summed E-state index contributed by atoms with van der Waals surface area (Å²) < 4.78 is 4.90. The fourth-order valence-corrected chi connectivity index (χ4v) is 1.78. The number of benzene rings is 1. The molecule has 0 spiro atoms. The summed E-state index contributed by atoms with van der Waals surface area (Å²) in [6, 6.07) is 5.10. The molecule has 0 amide bonds. The number of carbonyl (C=O) groups excluding carboxylic acids is 2. The zero-order valence-electron chi connectivity index (χ0n) is 9.96. The highest BCUT2D eigenvalue weighted by atomic mass is 35.5. The number of esters is 1. The molecule has 0 aliphatic heterocycles. The fraction of sp³-hybridized carbons (Fsp3) is 0.385. The first kappa shape index (κ1) is 13.7. The largest absolute Gasteiger partial charge is 0.462 e. The van der Waals surface area contributed by atoms with Crippen LogP contribution in [0.4, 0.5) is 0 Å². The molecule has 0 aliphatic carbocycles. The fourth-order valence-electron chi connectivity index (χ4n) is 1.53. The van der Waals surface area contributed by atoms with Crippen molar-refractivity contribution in [1.82, 2.24) is 0 Å².